The maximum Gasteiger partial charge on any atom is 0.522 e. The predicted molar refractivity (Wildman–Crippen MR) is 44.2 cm³/mol. The van der Waals surface area contributed by atoms with Crippen LogP contribution in [0.25, 0.3) is 0 Å². The average Bonchev–Trinajstić information content (AvgIpc) is 1.96. The van der Waals surface area contributed by atoms with Crippen LogP contribution in [0.4, 0.5) is 13.2 Å². The number of rotatable bonds is 5. The fourth-order valence-electron chi connectivity index (χ4n) is 0.677. The second kappa shape index (κ2) is 5.70. The standard InChI is InChI=1S/C7H13F3OS/c1-6(12-2)4-3-5-11-7(8,9)10/h6H,3-5H2,1-2H3. The Morgan fingerprint density at radius 1 is 1.42 bits per heavy atom. The number of thioether (sulfide) groups is 1. The van der Waals surface area contributed by atoms with Crippen LogP contribution in [-0.4, -0.2) is 24.5 Å². The molecule has 1 atom stereocenters. The average molecular weight is 202 g/mol. The van der Waals surface area contributed by atoms with Gasteiger partial charge in [0.25, 0.3) is 0 Å². The Hall–Kier alpha value is 0.100. The minimum Gasteiger partial charge on any atom is -0.292 e. The molecule has 0 saturated carbocycles. The van der Waals surface area contributed by atoms with Crippen LogP contribution in [0.2, 0.25) is 0 Å². The first-order valence-electron chi connectivity index (χ1n) is 3.69. The minimum atomic E-state index is -4.47. The van der Waals surface area contributed by atoms with E-state index in [0.29, 0.717) is 11.7 Å². The number of ether oxygens (including phenoxy) is 1. The van der Waals surface area contributed by atoms with Crippen molar-refractivity contribution in [2.24, 2.45) is 0 Å². The van der Waals surface area contributed by atoms with Crippen molar-refractivity contribution in [3.05, 3.63) is 0 Å². The van der Waals surface area contributed by atoms with Gasteiger partial charge in [-0.25, -0.2) is 0 Å². The number of hydrogen-bond acceptors (Lipinski definition) is 2. The summed E-state index contributed by atoms with van der Waals surface area (Å²) in [6.45, 7) is 1.76. The maximum absolute atomic E-state index is 11.4. The van der Waals surface area contributed by atoms with Gasteiger partial charge in [-0.05, 0) is 19.1 Å². The van der Waals surface area contributed by atoms with E-state index in [1.165, 1.54) is 0 Å². The van der Waals surface area contributed by atoms with Crippen LogP contribution < -0.4 is 0 Å². The zero-order valence-electron chi connectivity index (χ0n) is 7.15. The highest BCUT2D eigenvalue weighted by Crippen LogP contribution is 2.18. The van der Waals surface area contributed by atoms with Gasteiger partial charge in [0.15, 0.2) is 0 Å². The molecule has 1 nitrogen and oxygen atoms in total. The quantitative estimate of drug-likeness (QED) is 0.634. The SMILES string of the molecule is CSC(C)CCCOC(F)(F)F. The summed E-state index contributed by atoms with van der Waals surface area (Å²) < 4.78 is 37.9. The van der Waals surface area contributed by atoms with E-state index < -0.39 is 6.36 Å². The summed E-state index contributed by atoms with van der Waals surface area (Å²) in [7, 11) is 0. The van der Waals surface area contributed by atoms with E-state index in [9.17, 15) is 13.2 Å². The largest absolute Gasteiger partial charge is 0.522 e. The van der Waals surface area contributed by atoms with Crippen LogP contribution in [0, 0.1) is 0 Å². The Balaban J connectivity index is 3.22. The maximum atomic E-state index is 11.4. The Bertz CT molecular complexity index is 116. The molecule has 0 aliphatic rings. The molecular formula is C7H13F3OS. The lowest BCUT2D eigenvalue weighted by Crippen LogP contribution is -2.14. The number of hydrogen-bond donors (Lipinski definition) is 0. The molecule has 0 spiro atoms. The van der Waals surface area contributed by atoms with E-state index in [4.69, 9.17) is 0 Å². The summed E-state index contributed by atoms with van der Waals surface area (Å²) in [6, 6.07) is 0. The van der Waals surface area contributed by atoms with Crippen LogP contribution in [0.1, 0.15) is 19.8 Å². The molecule has 0 amide bonds. The number of halogens is 3. The molecule has 0 rings (SSSR count). The van der Waals surface area contributed by atoms with Gasteiger partial charge in [0.1, 0.15) is 0 Å². The Morgan fingerprint density at radius 3 is 2.42 bits per heavy atom. The summed E-state index contributed by atoms with van der Waals surface area (Å²) in [5.41, 5.74) is 0. The normalized spacial score (nSPS) is 14.8. The minimum absolute atomic E-state index is 0.228. The van der Waals surface area contributed by atoms with Crippen LogP contribution >= 0.6 is 11.8 Å². The van der Waals surface area contributed by atoms with Gasteiger partial charge in [-0.1, -0.05) is 6.92 Å². The molecule has 0 bridgehead atoms. The third-order valence-electron chi connectivity index (χ3n) is 1.42. The molecule has 1 unspecified atom stereocenters. The third kappa shape index (κ3) is 8.20. The molecule has 0 aliphatic carbocycles. The molecule has 0 aliphatic heterocycles. The molecule has 74 valence electrons. The van der Waals surface area contributed by atoms with E-state index in [0.717, 1.165) is 6.42 Å². The lowest BCUT2D eigenvalue weighted by molar-refractivity contribution is -0.324. The highest BCUT2D eigenvalue weighted by molar-refractivity contribution is 7.99. The van der Waals surface area contributed by atoms with Gasteiger partial charge >= 0.3 is 6.36 Å². The summed E-state index contributed by atoms with van der Waals surface area (Å²) in [6.07, 6.45) is -1.31. The topological polar surface area (TPSA) is 9.23 Å². The predicted octanol–water partition coefficient (Wildman–Crippen LogP) is 3.05. The van der Waals surface area contributed by atoms with Gasteiger partial charge in [-0.3, -0.25) is 4.74 Å². The molecular weight excluding hydrogens is 189 g/mol. The zero-order valence-corrected chi connectivity index (χ0v) is 7.97. The fourth-order valence-corrected chi connectivity index (χ4v) is 1.08. The van der Waals surface area contributed by atoms with Crippen LogP contribution in [0.5, 0.6) is 0 Å². The van der Waals surface area contributed by atoms with Crippen LogP contribution in [-0.2, 0) is 4.74 Å². The smallest absolute Gasteiger partial charge is 0.292 e. The third-order valence-corrected chi connectivity index (χ3v) is 2.46. The van der Waals surface area contributed by atoms with Crippen molar-refractivity contribution >= 4 is 11.8 Å². The van der Waals surface area contributed by atoms with E-state index in [2.05, 4.69) is 4.74 Å². The van der Waals surface area contributed by atoms with Crippen LogP contribution in [0.15, 0.2) is 0 Å². The molecule has 0 aromatic heterocycles. The second-order valence-corrected chi connectivity index (χ2v) is 3.76. The summed E-state index contributed by atoms with van der Waals surface area (Å²) in [5.74, 6) is 0. The van der Waals surface area contributed by atoms with Crippen molar-refractivity contribution in [2.45, 2.75) is 31.4 Å². The van der Waals surface area contributed by atoms with Crippen molar-refractivity contribution in [1.29, 1.82) is 0 Å². The monoisotopic (exact) mass is 202 g/mol. The molecule has 0 saturated heterocycles. The highest BCUT2D eigenvalue weighted by Gasteiger charge is 2.28. The lowest BCUT2D eigenvalue weighted by Gasteiger charge is -2.09. The molecule has 0 N–H and O–H groups in total. The Labute approximate surface area is 74.7 Å². The second-order valence-electron chi connectivity index (χ2n) is 2.48. The molecule has 5 heteroatoms. The van der Waals surface area contributed by atoms with Crippen molar-refractivity contribution in [2.75, 3.05) is 12.9 Å². The van der Waals surface area contributed by atoms with Gasteiger partial charge < -0.3 is 0 Å². The molecule has 12 heavy (non-hydrogen) atoms. The lowest BCUT2D eigenvalue weighted by atomic mass is 10.2. The van der Waals surface area contributed by atoms with Crippen molar-refractivity contribution in [3.8, 4) is 0 Å². The summed E-state index contributed by atoms with van der Waals surface area (Å²) in [4.78, 5) is 0. The molecule has 0 aromatic carbocycles. The zero-order chi connectivity index (χ0) is 9.61. The van der Waals surface area contributed by atoms with Crippen molar-refractivity contribution < 1.29 is 17.9 Å². The summed E-state index contributed by atoms with van der Waals surface area (Å²) >= 11 is 1.65. The van der Waals surface area contributed by atoms with Gasteiger partial charge in [-0.15, -0.1) is 13.2 Å². The fraction of sp³-hybridized carbons (Fsp3) is 1.00. The first-order valence-corrected chi connectivity index (χ1v) is 4.98. The number of alkyl halides is 3. The molecule has 0 heterocycles. The van der Waals surface area contributed by atoms with Gasteiger partial charge in [0.2, 0.25) is 0 Å². The Kier molecular flexibility index (Phi) is 5.74. The highest BCUT2D eigenvalue weighted by atomic mass is 32.2. The van der Waals surface area contributed by atoms with Gasteiger partial charge in [-0.2, -0.15) is 11.8 Å². The van der Waals surface area contributed by atoms with E-state index in [-0.39, 0.29) is 6.61 Å². The summed E-state index contributed by atoms with van der Waals surface area (Å²) in [5, 5.41) is 0.404. The van der Waals surface area contributed by atoms with E-state index in [1.54, 1.807) is 11.8 Å². The van der Waals surface area contributed by atoms with Gasteiger partial charge in [0.05, 0.1) is 6.61 Å². The first-order chi connectivity index (χ1) is 5.45. The molecule has 0 fully saturated rings. The van der Waals surface area contributed by atoms with E-state index in [1.807, 2.05) is 13.2 Å². The molecule has 0 aromatic rings. The van der Waals surface area contributed by atoms with Crippen molar-refractivity contribution in [3.63, 3.8) is 0 Å². The van der Waals surface area contributed by atoms with Crippen LogP contribution in [0.3, 0.4) is 0 Å². The van der Waals surface area contributed by atoms with E-state index >= 15 is 0 Å². The van der Waals surface area contributed by atoms with Gasteiger partial charge in [0, 0.05) is 5.25 Å². The first kappa shape index (κ1) is 12.1. The van der Waals surface area contributed by atoms with Crippen molar-refractivity contribution in [1.82, 2.24) is 0 Å². The molecule has 0 radical (unpaired) electrons. The Morgan fingerprint density at radius 2 is 2.00 bits per heavy atom.